The summed E-state index contributed by atoms with van der Waals surface area (Å²) in [5.41, 5.74) is 2.38. The number of hydrogen-bond acceptors (Lipinski definition) is 4. The van der Waals surface area contributed by atoms with Crippen molar-refractivity contribution < 1.29 is 0 Å². The molecule has 1 aromatic heterocycles. The molecule has 0 bridgehead atoms. The van der Waals surface area contributed by atoms with E-state index in [1.54, 1.807) is 0 Å². The van der Waals surface area contributed by atoms with Gasteiger partial charge in [0.15, 0.2) is 0 Å². The Labute approximate surface area is 123 Å². The van der Waals surface area contributed by atoms with E-state index >= 15 is 0 Å². The molecule has 2 rings (SSSR count). The average molecular weight is 276 g/mol. The fraction of sp³-hybridized carbons (Fsp3) is 0.688. The van der Waals surface area contributed by atoms with Crippen LogP contribution in [0.15, 0.2) is 18.3 Å². The third-order valence-corrected chi connectivity index (χ3v) is 4.34. The van der Waals surface area contributed by atoms with Crippen molar-refractivity contribution in [3.05, 3.63) is 24.0 Å². The van der Waals surface area contributed by atoms with Gasteiger partial charge in [0.1, 0.15) is 0 Å². The Morgan fingerprint density at radius 3 is 2.75 bits per heavy atom. The molecule has 112 valence electrons. The third-order valence-electron chi connectivity index (χ3n) is 4.34. The fourth-order valence-electron chi connectivity index (χ4n) is 2.87. The van der Waals surface area contributed by atoms with Crippen molar-refractivity contribution in [2.24, 2.45) is 0 Å². The minimum atomic E-state index is 0.324. The molecule has 0 radical (unpaired) electrons. The molecule has 2 atom stereocenters. The summed E-state index contributed by atoms with van der Waals surface area (Å²) < 4.78 is 0. The summed E-state index contributed by atoms with van der Waals surface area (Å²) >= 11 is 0. The summed E-state index contributed by atoms with van der Waals surface area (Å²) in [6, 6.07) is 5.35. The highest BCUT2D eigenvalue weighted by molar-refractivity contribution is 5.45. The molecule has 0 aliphatic carbocycles. The van der Waals surface area contributed by atoms with Crippen molar-refractivity contribution in [3.63, 3.8) is 0 Å². The number of anilines is 1. The van der Waals surface area contributed by atoms with Gasteiger partial charge in [0.05, 0.1) is 17.6 Å². The maximum atomic E-state index is 4.62. The molecule has 0 spiro atoms. The monoisotopic (exact) mass is 276 g/mol. The van der Waals surface area contributed by atoms with Gasteiger partial charge in [0.2, 0.25) is 0 Å². The van der Waals surface area contributed by atoms with E-state index in [4.69, 9.17) is 0 Å². The molecule has 0 amide bonds. The van der Waals surface area contributed by atoms with Crippen LogP contribution in [0.1, 0.15) is 38.9 Å². The molecular weight excluding hydrogens is 248 g/mol. The highest BCUT2D eigenvalue weighted by Gasteiger charge is 2.23. The summed E-state index contributed by atoms with van der Waals surface area (Å²) in [5, 5.41) is 3.40. The van der Waals surface area contributed by atoms with Crippen LogP contribution >= 0.6 is 0 Å². The van der Waals surface area contributed by atoms with E-state index in [9.17, 15) is 0 Å². The highest BCUT2D eigenvalue weighted by Crippen LogP contribution is 2.20. The second-order valence-corrected chi connectivity index (χ2v) is 5.71. The summed E-state index contributed by atoms with van der Waals surface area (Å²) in [6.45, 7) is 10.9. The molecule has 1 saturated heterocycles. The first-order valence-electron chi connectivity index (χ1n) is 7.80. The summed E-state index contributed by atoms with van der Waals surface area (Å²) in [5.74, 6) is 0. The van der Waals surface area contributed by atoms with Gasteiger partial charge in [0.25, 0.3) is 0 Å². The van der Waals surface area contributed by atoms with Gasteiger partial charge in [0, 0.05) is 31.7 Å². The smallest absolute Gasteiger partial charge is 0.0572 e. The highest BCUT2D eigenvalue weighted by atomic mass is 15.3. The predicted molar refractivity (Wildman–Crippen MR) is 85.3 cm³/mol. The Kier molecular flexibility index (Phi) is 5.38. The van der Waals surface area contributed by atoms with E-state index in [1.807, 2.05) is 6.20 Å². The zero-order valence-corrected chi connectivity index (χ0v) is 13.3. The molecule has 0 aromatic carbocycles. The van der Waals surface area contributed by atoms with Gasteiger partial charge < -0.3 is 10.2 Å². The van der Waals surface area contributed by atoms with Crippen molar-refractivity contribution >= 4 is 5.69 Å². The predicted octanol–water partition coefficient (Wildman–Crippen LogP) is 2.28. The zero-order chi connectivity index (χ0) is 14.5. The quantitative estimate of drug-likeness (QED) is 0.894. The molecule has 1 N–H and O–H groups in total. The van der Waals surface area contributed by atoms with Crippen LogP contribution in [0.3, 0.4) is 0 Å². The lowest BCUT2D eigenvalue weighted by Gasteiger charge is -2.40. The Bertz CT molecular complexity index is 403. The lowest BCUT2D eigenvalue weighted by Crippen LogP contribution is -2.51. The number of rotatable bonds is 5. The lowest BCUT2D eigenvalue weighted by molar-refractivity contribution is 0.213. The van der Waals surface area contributed by atoms with E-state index < -0.39 is 0 Å². The van der Waals surface area contributed by atoms with E-state index in [2.05, 4.69) is 60.1 Å². The van der Waals surface area contributed by atoms with Crippen LogP contribution in [-0.4, -0.2) is 49.2 Å². The van der Waals surface area contributed by atoms with E-state index in [0.717, 1.165) is 31.9 Å². The first-order chi connectivity index (χ1) is 9.65. The average Bonchev–Trinajstić information content (AvgIpc) is 2.48. The Morgan fingerprint density at radius 1 is 1.35 bits per heavy atom. The topological polar surface area (TPSA) is 31.4 Å². The largest absolute Gasteiger partial charge is 0.367 e. The van der Waals surface area contributed by atoms with E-state index in [0.29, 0.717) is 12.1 Å². The van der Waals surface area contributed by atoms with Crippen LogP contribution in [0.25, 0.3) is 0 Å². The van der Waals surface area contributed by atoms with Gasteiger partial charge in [-0.2, -0.15) is 0 Å². The Hall–Kier alpha value is -1.13. The number of hydrogen-bond donors (Lipinski definition) is 1. The van der Waals surface area contributed by atoms with Crippen molar-refractivity contribution in [2.45, 2.75) is 39.3 Å². The Balaban J connectivity index is 2.03. The number of likely N-dealkylation sites (N-methyl/N-ethyl adjacent to an activating group) is 1. The molecule has 4 nitrogen and oxygen atoms in total. The first-order valence-corrected chi connectivity index (χ1v) is 7.80. The number of piperazine rings is 1. The second-order valence-electron chi connectivity index (χ2n) is 5.71. The van der Waals surface area contributed by atoms with Gasteiger partial charge >= 0.3 is 0 Å². The molecule has 1 fully saturated rings. The number of nitrogens with zero attached hydrogens (tertiary/aromatic N) is 3. The van der Waals surface area contributed by atoms with Crippen LogP contribution in [0.4, 0.5) is 5.69 Å². The summed E-state index contributed by atoms with van der Waals surface area (Å²) in [7, 11) is 2.23. The first kappa shape index (κ1) is 15.3. The van der Waals surface area contributed by atoms with Gasteiger partial charge in [-0.3, -0.25) is 9.88 Å². The molecule has 1 aromatic rings. The minimum Gasteiger partial charge on any atom is -0.367 e. The third kappa shape index (κ3) is 3.49. The second kappa shape index (κ2) is 7.04. The molecule has 4 heteroatoms. The van der Waals surface area contributed by atoms with Gasteiger partial charge in [-0.05, 0) is 39.1 Å². The number of pyridine rings is 1. The summed E-state index contributed by atoms with van der Waals surface area (Å²) in [6.07, 6.45) is 3.23. The van der Waals surface area contributed by atoms with Crippen LogP contribution in [0, 0.1) is 0 Å². The molecule has 0 saturated carbocycles. The van der Waals surface area contributed by atoms with Crippen LogP contribution in [0.2, 0.25) is 0 Å². The maximum absolute atomic E-state index is 4.62. The van der Waals surface area contributed by atoms with Crippen molar-refractivity contribution in [2.75, 3.05) is 38.1 Å². The maximum Gasteiger partial charge on any atom is 0.0572 e. The van der Waals surface area contributed by atoms with Gasteiger partial charge in [-0.25, -0.2) is 0 Å². The molecule has 2 unspecified atom stereocenters. The Morgan fingerprint density at radius 2 is 2.15 bits per heavy atom. The van der Waals surface area contributed by atoms with E-state index in [-0.39, 0.29) is 0 Å². The van der Waals surface area contributed by atoms with Crippen LogP contribution in [0.5, 0.6) is 0 Å². The normalized spacial score (nSPS) is 22.0. The molecule has 20 heavy (non-hydrogen) atoms. The molecule has 1 aliphatic rings. The fourth-order valence-corrected chi connectivity index (χ4v) is 2.87. The molecular formula is C16H28N4. The van der Waals surface area contributed by atoms with Gasteiger partial charge in [-0.15, -0.1) is 0 Å². The summed E-state index contributed by atoms with van der Waals surface area (Å²) in [4.78, 5) is 9.55. The number of aromatic nitrogens is 1. The van der Waals surface area contributed by atoms with Crippen molar-refractivity contribution in [1.29, 1.82) is 0 Å². The van der Waals surface area contributed by atoms with Crippen molar-refractivity contribution in [3.8, 4) is 0 Å². The van der Waals surface area contributed by atoms with E-state index in [1.165, 1.54) is 12.1 Å². The van der Waals surface area contributed by atoms with Gasteiger partial charge in [-0.1, -0.05) is 13.8 Å². The zero-order valence-electron chi connectivity index (χ0n) is 13.3. The van der Waals surface area contributed by atoms with Crippen LogP contribution in [-0.2, 0) is 0 Å². The van der Waals surface area contributed by atoms with Crippen molar-refractivity contribution in [1.82, 2.24) is 15.2 Å². The standard InChI is InChI=1S/C16H28N4/c1-5-14-12-20(10-9-19(14)4)15-7-8-16(18-11-15)13(3)17-6-2/h7-8,11,13-14,17H,5-6,9-10,12H2,1-4H3. The SMILES string of the molecule is CCNC(C)c1ccc(N2CCN(C)C(CC)C2)cn1. The number of nitrogens with one attached hydrogen (secondary N) is 1. The minimum absolute atomic E-state index is 0.324. The molecule has 2 heterocycles. The molecule has 1 aliphatic heterocycles. The lowest BCUT2D eigenvalue weighted by atomic mass is 10.1. The van der Waals surface area contributed by atoms with Crippen LogP contribution < -0.4 is 10.2 Å².